The summed E-state index contributed by atoms with van der Waals surface area (Å²) < 4.78 is 8.04. The Kier molecular flexibility index (Phi) is 6.08. The van der Waals surface area contributed by atoms with Crippen LogP contribution in [-0.4, -0.2) is 40.2 Å². The lowest BCUT2D eigenvalue weighted by molar-refractivity contribution is -0.116. The highest BCUT2D eigenvalue weighted by Crippen LogP contribution is 2.28. The molecule has 0 atom stereocenters. The summed E-state index contributed by atoms with van der Waals surface area (Å²) in [5.41, 5.74) is 0.0197. The van der Waals surface area contributed by atoms with Gasteiger partial charge in [0.2, 0.25) is 5.91 Å². The van der Waals surface area contributed by atoms with Gasteiger partial charge in [0.15, 0.2) is 10.8 Å². The Bertz CT molecular complexity index is 1210. The average Bonchev–Trinajstić information content (AvgIpc) is 3.45. The molecule has 1 aliphatic rings. The third kappa shape index (κ3) is 4.20. The molecule has 0 aliphatic carbocycles. The third-order valence-corrected chi connectivity index (χ3v) is 6.35. The van der Waals surface area contributed by atoms with E-state index in [2.05, 4.69) is 15.2 Å². The number of carbonyl (C=O) groups excluding carboxylic acids is 1. The topological polar surface area (TPSA) is 98.5 Å². The first-order chi connectivity index (χ1) is 15.0. The number of fused-ring (bicyclic) bond motifs is 1. The summed E-state index contributed by atoms with van der Waals surface area (Å²) in [6.07, 6.45) is 2.79. The molecule has 1 aliphatic heterocycles. The van der Waals surface area contributed by atoms with Gasteiger partial charge in [-0.05, 0) is 43.5 Å². The maximum Gasteiger partial charge on any atom is 0.333 e. The number of nitrogens with zero attached hydrogens (tertiary/aromatic N) is 4. The Morgan fingerprint density at radius 1 is 1.16 bits per heavy atom. The molecule has 3 aromatic rings. The minimum Gasteiger partial charge on any atom is -0.497 e. The quantitative estimate of drug-likeness (QED) is 0.602. The van der Waals surface area contributed by atoms with Crippen LogP contribution >= 0.6 is 11.3 Å². The molecule has 0 radical (unpaired) electrons. The highest BCUT2D eigenvalue weighted by atomic mass is 32.1. The van der Waals surface area contributed by atoms with E-state index < -0.39 is 5.69 Å². The van der Waals surface area contributed by atoms with Crippen LogP contribution in [0.4, 0.5) is 10.8 Å². The molecular weight excluding hydrogens is 418 g/mol. The molecule has 1 N–H and O–H groups in total. The molecule has 31 heavy (non-hydrogen) atoms. The number of thiazole rings is 1. The van der Waals surface area contributed by atoms with Gasteiger partial charge in [0.05, 0.1) is 7.11 Å². The van der Waals surface area contributed by atoms with Crippen molar-refractivity contribution >= 4 is 38.4 Å². The zero-order chi connectivity index (χ0) is 22.0. The van der Waals surface area contributed by atoms with Crippen LogP contribution in [0.5, 0.6) is 5.75 Å². The number of carbonyl (C=O) groups is 1. The predicted molar refractivity (Wildman–Crippen MR) is 122 cm³/mol. The molecule has 0 saturated carbocycles. The molecule has 1 amide bonds. The molecule has 2 aromatic heterocycles. The van der Waals surface area contributed by atoms with Gasteiger partial charge in [0.1, 0.15) is 17.0 Å². The zero-order valence-electron chi connectivity index (χ0n) is 17.6. The van der Waals surface area contributed by atoms with Gasteiger partial charge < -0.3 is 15.0 Å². The van der Waals surface area contributed by atoms with Crippen LogP contribution in [0.15, 0.2) is 33.9 Å². The first kappa shape index (κ1) is 21.1. The molecule has 1 aromatic carbocycles. The number of amides is 1. The van der Waals surface area contributed by atoms with E-state index in [-0.39, 0.29) is 23.7 Å². The van der Waals surface area contributed by atoms with E-state index in [1.54, 1.807) is 31.4 Å². The second-order valence-corrected chi connectivity index (χ2v) is 8.42. The van der Waals surface area contributed by atoms with Gasteiger partial charge in [-0.1, -0.05) is 18.3 Å². The smallest absolute Gasteiger partial charge is 0.333 e. The van der Waals surface area contributed by atoms with E-state index in [0.29, 0.717) is 29.1 Å². The van der Waals surface area contributed by atoms with Gasteiger partial charge >= 0.3 is 5.69 Å². The molecule has 1 saturated heterocycles. The summed E-state index contributed by atoms with van der Waals surface area (Å²) in [7, 11) is 1.57. The molecule has 164 valence electrons. The summed E-state index contributed by atoms with van der Waals surface area (Å²) in [4.78, 5) is 45.5. The summed E-state index contributed by atoms with van der Waals surface area (Å²) in [6, 6.07) is 6.93. The number of benzene rings is 1. The summed E-state index contributed by atoms with van der Waals surface area (Å²) in [5.74, 6) is 0.311. The van der Waals surface area contributed by atoms with Crippen LogP contribution in [0, 0.1) is 0 Å². The normalized spacial score (nSPS) is 13.7. The highest BCUT2D eigenvalue weighted by molar-refractivity contribution is 7.22. The fraction of sp³-hybridized carbons (Fsp3) is 0.429. The number of nitrogens with one attached hydrogen (secondary N) is 1. The minimum atomic E-state index is -0.512. The molecule has 0 unspecified atom stereocenters. The molecule has 0 bridgehead atoms. The molecule has 1 fully saturated rings. The van der Waals surface area contributed by atoms with Crippen LogP contribution in [-0.2, 0) is 17.9 Å². The number of methoxy groups -OCH3 is 1. The molecule has 3 heterocycles. The van der Waals surface area contributed by atoms with Crippen molar-refractivity contribution in [3.05, 3.63) is 45.1 Å². The molecule has 4 rings (SSSR count). The van der Waals surface area contributed by atoms with Crippen molar-refractivity contribution < 1.29 is 9.53 Å². The van der Waals surface area contributed by atoms with E-state index in [1.165, 1.54) is 20.5 Å². The van der Waals surface area contributed by atoms with E-state index in [1.807, 2.05) is 6.92 Å². The van der Waals surface area contributed by atoms with Crippen LogP contribution < -0.4 is 26.2 Å². The van der Waals surface area contributed by atoms with Crippen molar-refractivity contribution in [2.24, 2.45) is 0 Å². The van der Waals surface area contributed by atoms with Crippen molar-refractivity contribution in [1.82, 2.24) is 14.1 Å². The fourth-order valence-corrected chi connectivity index (χ4v) is 4.77. The lowest BCUT2D eigenvalue weighted by Gasteiger charge is -2.12. The zero-order valence-corrected chi connectivity index (χ0v) is 18.4. The summed E-state index contributed by atoms with van der Waals surface area (Å²) >= 11 is 1.30. The minimum absolute atomic E-state index is 0.228. The van der Waals surface area contributed by atoms with E-state index in [0.717, 1.165) is 31.1 Å². The Labute approximate surface area is 182 Å². The van der Waals surface area contributed by atoms with Gasteiger partial charge in [0, 0.05) is 25.3 Å². The monoisotopic (exact) mass is 443 g/mol. The van der Waals surface area contributed by atoms with Crippen molar-refractivity contribution in [2.45, 2.75) is 39.3 Å². The van der Waals surface area contributed by atoms with Crippen LogP contribution in [0.2, 0.25) is 0 Å². The van der Waals surface area contributed by atoms with Gasteiger partial charge in [-0.2, -0.15) is 0 Å². The average molecular weight is 444 g/mol. The molecular formula is C21H25N5O4S. The Hall–Kier alpha value is -3.14. The van der Waals surface area contributed by atoms with Crippen molar-refractivity contribution in [1.29, 1.82) is 0 Å². The van der Waals surface area contributed by atoms with Crippen LogP contribution in [0.1, 0.15) is 26.2 Å². The third-order valence-electron chi connectivity index (χ3n) is 5.25. The number of hydrogen-bond donors (Lipinski definition) is 1. The molecule has 9 nitrogen and oxygen atoms in total. The van der Waals surface area contributed by atoms with Crippen molar-refractivity contribution in [2.75, 3.05) is 30.4 Å². The van der Waals surface area contributed by atoms with Gasteiger partial charge in [-0.15, -0.1) is 0 Å². The number of ether oxygens (including phenoxy) is 1. The number of rotatable bonds is 7. The number of aromatic nitrogens is 3. The first-order valence-corrected chi connectivity index (χ1v) is 11.2. The highest BCUT2D eigenvalue weighted by Gasteiger charge is 2.23. The second-order valence-electron chi connectivity index (χ2n) is 7.45. The van der Waals surface area contributed by atoms with E-state index in [4.69, 9.17) is 4.74 Å². The maximum atomic E-state index is 13.1. The Morgan fingerprint density at radius 2 is 1.87 bits per heavy atom. The standard InChI is InChI=1S/C21H25N5O4S/c1-3-10-25-19(28)17-18(23-20(31-17)24-11-4-5-12-24)26(21(25)29)13-16(27)22-14-6-8-15(30-2)9-7-14/h6-9H,3-5,10-13H2,1-2H3,(H,22,27). The summed E-state index contributed by atoms with van der Waals surface area (Å²) in [5, 5.41) is 3.51. The van der Waals surface area contributed by atoms with Crippen LogP contribution in [0.25, 0.3) is 10.3 Å². The van der Waals surface area contributed by atoms with E-state index in [9.17, 15) is 14.4 Å². The maximum absolute atomic E-state index is 13.1. The largest absolute Gasteiger partial charge is 0.497 e. The van der Waals surface area contributed by atoms with Crippen LogP contribution in [0.3, 0.4) is 0 Å². The van der Waals surface area contributed by atoms with Gasteiger partial charge in [0.25, 0.3) is 5.56 Å². The summed E-state index contributed by atoms with van der Waals surface area (Å²) in [6.45, 7) is 3.73. The first-order valence-electron chi connectivity index (χ1n) is 10.3. The van der Waals surface area contributed by atoms with Crippen molar-refractivity contribution in [3.8, 4) is 5.75 Å². The van der Waals surface area contributed by atoms with Gasteiger partial charge in [-0.3, -0.25) is 18.7 Å². The van der Waals surface area contributed by atoms with Crippen molar-refractivity contribution in [3.63, 3.8) is 0 Å². The SMILES string of the molecule is CCCn1c(=O)c2sc(N3CCCC3)nc2n(CC(=O)Nc2ccc(OC)cc2)c1=O. The Morgan fingerprint density at radius 3 is 2.52 bits per heavy atom. The Balaban J connectivity index is 1.71. The van der Waals surface area contributed by atoms with E-state index >= 15 is 0 Å². The fourth-order valence-electron chi connectivity index (χ4n) is 3.69. The lowest BCUT2D eigenvalue weighted by atomic mass is 10.3. The number of hydrogen-bond acceptors (Lipinski definition) is 7. The number of anilines is 2. The molecule has 10 heteroatoms. The second kappa shape index (κ2) is 8.93. The predicted octanol–water partition coefficient (Wildman–Crippen LogP) is 2.28. The lowest BCUT2D eigenvalue weighted by Crippen LogP contribution is -2.41. The van der Waals surface area contributed by atoms with Gasteiger partial charge in [-0.25, -0.2) is 9.78 Å². The molecule has 0 spiro atoms.